The van der Waals surface area contributed by atoms with E-state index in [1.54, 1.807) is 13.8 Å². The van der Waals surface area contributed by atoms with Crippen LogP contribution >= 0.6 is 23.2 Å². The Balaban J connectivity index is 2.56. The molecule has 0 aliphatic carbocycles. The molecule has 0 bridgehead atoms. The molecule has 1 aromatic heterocycles. The molecule has 1 aromatic carbocycles. The van der Waals surface area contributed by atoms with Gasteiger partial charge < -0.3 is 5.11 Å². The molecule has 0 saturated carbocycles. The lowest BCUT2D eigenvalue weighted by Crippen LogP contribution is -2.30. The van der Waals surface area contributed by atoms with E-state index in [0.717, 1.165) is 23.1 Å². The van der Waals surface area contributed by atoms with Crippen molar-refractivity contribution in [2.45, 2.75) is 18.7 Å². The first kappa shape index (κ1) is 21.8. The van der Waals surface area contributed by atoms with E-state index in [1.165, 1.54) is 10.4 Å². The number of aromatic hydroxyl groups is 1. The van der Waals surface area contributed by atoms with E-state index in [-0.39, 0.29) is 39.5 Å². The molecule has 2 aromatic rings. The van der Waals surface area contributed by atoms with Crippen molar-refractivity contribution in [3.05, 3.63) is 28.2 Å². The first-order valence-corrected chi connectivity index (χ1v) is 11.8. The number of hydrogen-bond donors (Lipinski definition) is 2. The number of nitrogens with zero attached hydrogens (tertiary/aromatic N) is 3. The molecule has 0 amide bonds. The van der Waals surface area contributed by atoms with Crippen LogP contribution in [0.25, 0.3) is 5.69 Å². The second-order valence-electron chi connectivity index (χ2n) is 5.50. The third kappa shape index (κ3) is 4.66. The molecule has 2 N–H and O–H groups in total. The highest BCUT2D eigenvalue weighted by atomic mass is 35.5. The fourth-order valence-corrected chi connectivity index (χ4v) is 5.14. The van der Waals surface area contributed by atoms with Crippen LogP contribution in [-0.4, -0.2) is 55.4 Å². The maximum absolute atomic E-state index is 12.7. The van der Waals surface area contributed by atoms with Gasteiger partial charge >= 0.3 is 0 Å². The summed E-state index contributed by atoms with van der Waals surface area (Å²) in [5, 5.41) is 13.8. The lowest BCUT2D eigenvalue weighted by molar-refractivity contribution is 0.433. The van der Waals surface area contributed by atoms with Crippen molar-refractivity contribution in [3.8, 4) is 11.6 Å². The van der Waals surface area contributed by atoms with Crippen molar-refractivity contribution in [2.75, 3.05) is 24.1 Å². The molecule has 150 valence electrons. The van der Waals surface area contributed by atoms with Crippen LogP contribution < -0.4 is 4.72 Å². The van der Waals surface area contributed by atoms with E-state index in [2.05, 4.69) is 9.82 Å². The Morgan fingerprint density at radius 3 is 2.22 bits per heavy atom. The van der Waals surface area contributed by atoms with Gasteiger partial charge in [0.05, 0.1) is 22.0 Å². The van der Waals surface area contributed by atoms with Gasteiger partial charge in [-0.1, -0.05) is 37.0 Å². The zero-order valence-corrected chi connectivity index (χ0v) is 17.8. The molecular weight excluding hydrogens is 439 g/mol. The predicted octanol–water partition coefficient (Wildman–Crippen LogP) is 2.29. The largest absolute Gasteiger partial charge is 0.493 e. The van der Waals surface area contributed by atoms with Crippen LogP contribution in [-0.2, 0) is 20.0 Å². The number of benzene rings is 1. The number of sulfonamides is 2. The summed E-state index contributed by atoms with van der Waals surface area (Å²) < 4.78 is 52.2. The van der Waals surface area contributed by atoms with Crippen molar-refractivity contribution in [1.29, 1.82) is 0 Å². The molecule has 0 spiro atoms. The lowest BCUT2D eigenvalue weighted by Gasteiger charge is -2.20. The molecule has 0 aliphatic rings. The van der Waals surface area contributed by atoms with Gasteiger partial charge in [0.1, 0.15) is 4.90 Å². The number of hydrogen-bond acceptors (Lipinski definition) is 6. The maximum atomic E-state index is 12.7. The van der Waals surface area contributed by atoms with Crippen molar-refractivity contribution in [1.82, 2.24) is 14.1 Å². The van der Waals surface area contributed by atoms with Gasteiger partial charge in [0.15, 0.2) is 5.82 Å². The average Bonchev–Trinajstić information content (AvgIpc) is 2.88. The Morgan fingerprint density at radius 2 is 1.70 bits per heavy atom. The molecule has 0 fully saturated rings. The first-order chi connectivity index (χ1) is 12.4. The van der Waals surface area contributed by atoms with Crippen LogP contribution in [0.5, 0.6) is 5.88 Å². The SMILES string of the molecule is CCN(CC)S(=O)(=O)c1cc(Cl)c(-n2nc(NS(C)(=O)=O)cc2O)cc1Cl. The average molecular weight is 457 g/mol. The van der Waals surface area contributed by atoms with Gasteiger partial charge in [-0.2, -0.15) is 8.99 Å². The number of aromatic nitrogens is 2. The molecule has 9 nitrogen and oxygen atoms in total. The summed E-state index contributed by atoms with van der Waals surface area (Å²) in [6, 6.07) is 3.47. The monoisotopic (exact) mass is 456 g/mol. The summed E-state index contributed by atoms with van der Waals surface area (Å²) >= 11 is 12.4. The van der Waals surface area contributed by atoms with E-state index >= 15 is 0 Å². The van der Waals surface area contributed by atoms with Crippen LogP contribution in [0.1, 0.15) is 13.8 Å². The van der Waals surface area contributed by atoms with Crippen LogP contribution in [0, 0.1) is 0 Å². The van der Waals surface area contributed by atoms with Gasteiger partial charge in [-0.15, -0.1) is 5.10 Å². The predicted molar refractivity (Wildman–Crippen MR) is 104 cm³/mol. The second kappa shape index (κ2) is 7.84. The third-order valence-electron chi connectivity index (χ3n) is 3.53. The standard InChI is InChI=1S/C14H18Cl2N4O5S2/c1-4-19(5-2)27(24,25)12-7-9(15)11(6-10(12)16)20-14(21)8-13(17-20)18-26(3,22)23/h6-8,21H,4-5H2,1-3H3,(H,17,18). The molecular formula is C14H18Cl2N4O5S2. The Labute approximate surface area is 167 Å². The lowest BCUT2D eigenvalue weighted by atomic mass is 10.3. The zero-order valence-electron chi connectivity index (χ0n) is 14.6. The normalized spacial score (nSPS) is 12.5. The van der Waals surface area contributed by atoms with Gasteiger partial charge in [0, 0.05) is 19.2 Å². The summed E-state index contributed by atoms with van der Waals surface area (Å²) in [6.07, 6.45) is 0.930. The van der Waals surface area contributed by atoms with Gasteiger partial charge in [0.25, 0.3) is 0 Å². The maximum Gasteiger partial charge on any atom is 0.244 e. The minimum atomic E-state index is -3.85. The quantitative estimate of drug-likeness (QED) is 0.658. The first-order valence-electron chi connectivity index (χ1n) is 7.67. The molecule has 0 saturated heterocycles. The fourth-order valence-electron chi connectivity index (χ4n) is 2.37. The van der Waals surface area contributed by atoms with Gasteiger partial charge in [-0.25, -0.2) is 16.8 Å². The summed E-state index contributed by atoms with van der Waals surface area (Å²) in [4.78, 5) is -0.178. The minimum Gasteiger partial charge on any atom is -0.493 e. The van der Waals surface area contributed by atoms with Crippen LogP contribution in [0.15, 0.2) is 23.1 Å². The molecule has 0 unspecified atom stereocenters. The van der Waals surface area contributed by atoms with Crippen molar-refractivity contribution in [3.63, 3.8) is 0 Å². The van der Waals surface area contributed by atoms with E-state index in [9.17, 15) is 21.9 Å². The highest BCUT2D eigenvalue weighted by molar-refractivity contribution is 7.92. The molecule has 27 heavy (non-hydrogen) atoms. The Bertz CT molecular complexity index is 1060. The third-order valence-corrected chi connectivity index (χ3v) is 6.93. The number of rotatable bonds is 7. The molecule has 0 aliphatic heterocycles. The van der Waals surface area contributed by atoms with E-state index in [0.29, 0.717) is 0 Å². The number of halogens is 2. The Kier molecular flexibility index (Phi) is 6.32. The van der Waals surface area contributed by atoms with Gasteiger partial charge in [-0.3, -0.25) is 4.72 Å². The molecule has 0 radical (unpaired) electrons. The minimum absolute atomic E-state index is 0.0468. The Morgan fingerprint density at radius 1 is 1.11 bits per heavy atom. The molecule has 0 atom stereocenters. The van der Waals surface area contributed by atoms with E-state index in [1.807, 2.05) is 0 Å². The zero-order chi connectivity index (χ0) is 20.6. The molecule has 2 rings (SSSR count). The van der Waals surface area contributed by atoms with Gasteiger partial charge in [0.2, 0.25) is 25.9 Å². The Hall–Kier alpha value is -1.53. The van der Waals surface area contributed by atoms with Gasteiger partial charge in [-0.05, 0) is 12.1 Å². The summed E-state index contributed by atoms with van der Waals surface area (Å²) in [5.41, 5.74) is 0.0826. The van der Waals surface area contributed by atoms with Crippen LogP contribution in [0.2, 0.25) is 10.0 Å². The van der Waals surface area contributed by atoms with E-state index < -0.39 is 25.9 Å². The van der Waals surface area contributed by atoms with Crippen molar-refractivity contribution in [2.24, 2.45) is 0 Å². The summed E-state index contributed by atoms with van der Waals surface area (Å²) in [7, 11) is -7.45. The molecule has 1 heterocycles. The smallest absolute Gasteiger partial charge is 0.244 e. The van der Waals surface area contributed by atoms with Crippen molar-refractivity contribution >= 4 is 49.1 Å². The highest BCUT2D eigenvalue weighted by Crippen LogP contribution is 2.34. The van der Waals surface area contributed by atoms with Crippen LogP contribution in [0.3, 0.4) is 0 Å². The summed E-state index contributed by atoms with van der Waals surface area (Å²) in [5.74, 6) is -0.555. The summed E-state index contributed by atoms with van der Waals surface area (Å²) in [6.45, 7) is 3.91. The number of anilines is 1. The second-order valence-corrected chi connectivity index (χ2v) is 9.97. The fraction of sp³-hybridized carbons (Fsp3) is 0.357. The number of nitrogens with one attached hydrogen (secondary N) is 1. The molecule has 13 heteroatoms. The van der Waals surface area contributed by atoms with E-state index in [4.69, 9.17) is 23.2 Å². The topological polar surface area (TPSA) is 122 Å². The van der Waals surface area contributed by atoms with Crippen molar-refractivity contribution < 1.29 is 21.9 Å². The van der Waals surface area contributed by atoms with Crippen LogP contribution in [0.4, 0.5) is 5.82 Å². The highest BCUT2D eigenvalue weighted by Gasteiger charge is 2.26.